The van der Waals surface area contributed by atoms with Crippen molar-refractivity contribution in [3.63, 3.8) is 0 Å². The molecule has 86 valence electrons. The number of ether oxygens (including phenoxy) is 1. The molecule has 0 radical (unpaired) electrons. The number of hydrogen-bond acceptors (Lipinski definition) is 2. The summed E-state index contributed by atoms with van der Waals surface area (Å²) in [5.41, 5.74) is 1.50. The molecule has 0 amide bonds. The van der Waals surface area contributed by atoms with E-state index in [2.05, 4.69) is 24.4 Å². The Morgan fingerprint density at radius 3 is 2.12 bits per heavy atom. The van der Waals surface area contributed by atoms with Crippen molar-refractivity contribution in [3.05, 3.63) is 60.2 Å². The van der Waals surface area contributed by atoms with Crippen LogP contribution in [0.2, 0.25) is 0 Å². The Hall–Kier alpha value is -1.80. The van der Waals surface area contributed by atoms with Gasteiger partial charge in [-0.1, -0.05) is 30.3 Å². The fourth-order valence-corrected chi connectivity index (χ4v) is 1.85. The summed E-state index contributed by atoms with van der Waals surface area (Å²) in [5.74, 6) is 1.75. The lowest BCUT2D eigenvalue weighted by atomic mass is 10.0. The average Bonchev–Trinajstić information content (AvgIpc) is 3.11. The Labute approximate surface area is 101 Å². The lowest BCUT2D eigenvalue weighted by molar-refractivity contribution is 0.482. The van der Waals surface area contributed by atoms with Crippen molar-refractivity contribution >= 4 is 0 Å². The third-order valence-corrected chi connectivity index (χ3v) is 3.18. The average molecular weight is 225 g/mol. The molecule has 0 aromatic heterocycles. The van der Waals surface area contributed by atoms with Crippen LogP contribution in [-0.2, 0) is 5.54 Å². The van der Waals surface area contributed by atoms with Gasteiger partial charge in [0.05, 0.1) is 5.54 Å². The second-order valence-corrected chi connectivity index (χ2v) is 4.63. The fourth-order valence-electron chi connectivity index (χ4n) is 1.85. The highest BCUT2D eigenvalue weighted by molar-refractivity contribution is 5.37. The first-order valence-corrected chi connectivity index (χ1v) is 5.85. The maximum absolute atomic E-state index is 5.75. The van der Waals surface area contributed by atoms with E-state index in [0.29, 0.717) is 0 Å². The second-order valence-electron chi connectivity index (χ2n) is 4.63. The van der Waals surface area contributed by atoms with Crippen molar-refractivity contribution in [1.29, 1.82) is 0 Å². The highest BCUT2D eigenvalue weighted by Crippen LogP contribution is 2.31. The molecule has 1 saturated heterocycles. The standard InChI is InChI=1S/C15H15NO/c1-15(11-16-15)12-7-9-14(10-8-12)17-13-5-3-2-4-6-13/h2-10,16H,11H2,1H3. The van der Waals surface area contributed by atoms with Crippen LogP contribution in [0.4, 0.5) is 0 Å². The highest BCUT2D eigenvalue weighted by Gasteiger charge is 2.37. The quantitative estimate of drug-likeness (QED) is 0.812. The minimum atomic E-state index is 0.186. The molecule has 17 heavy (non-hydrogen) atoms. The van der Waals surface area contributed by atoms with E-state index in [0.717, 1.165) is 18.0 Å². The van der Waals surface area contributed by atoms with Crippen LogP contribution in [0, 0.1) is 0 Å². The molecule has 0 spiro atoms. The molecule has 2 nitrogen and oxygen atoms in total. The van der Waals surface area contributed by atoms with Gasteiger partial charge in [-0.2, -0.15) is 0 Å². The lowest BCUT2D eigenvalue weighted by Gasteiger charge is -2.09. The second kappa shape index (κ2) is 3.90. The SMILES string of the molecule is CC1(c2ccc(Oc3ccccc3)cc2)CN1. The van der Waals surface area contributed by atoms with Crippen LogP contribution in [0.5, 0.6) is 11.5 Å². The summed E-state index contributed by atoms with van der Waals surface area (Å²) in [6.07, 6.45) is 0. The third-order valence-electron chi connectivity index (χ3n) is 3.18. The van der Waals surface area contributed by atoms with Gasteiger partial charge in [-0.15, -0.1) is 0 Å². The monoisotopic (exact) mass is 225 g/mol. The van der Waals surface area contributed by atoms with Gasteiger partial charge in [-0.3, -0.25) is 0 Å². The molecule has 2 aromatic carbocycles. The van der Waals surface area contributed by atoms with Gasteiger partial charge in [-0.25, -0.2) is 0 Å². The van der Waals surface area contributed by atoms with E-state index < -0.39 is 0 Å². The molecule has 0 bridgehead atoms. The molecule has 2 aromatic rings. The van der Waals surface area contributed by atoms with Crippen LogP contribution >= 0.6 is 0 Å². The number of benzene rings is 2. The largest absolute Gasteiger partial charge is 0.457 e. The smallest absolute Gasteiger partial charge is 0.127 e. The minimum Gasteiger partial charge on any atom is -0.457 e. The van der Waals surface area contributed by atoms with Gasteiger partial charge in [0.25, 0.3) is 0 Å². The summed E-state index contributed by atoms with van der Waals surface area (Å²) in [6.45, 7) is 3.27. The maximum atomic E-state index is 5.75. The summed E-state index contributed by atoms with van der Waals surface area (Å²) in [7, 11) is 0. The Morgan fingerprint density at radius 2 is 1.53 bits per heavy atom. The summed E-state index contributed by atoms with van der Waals surface area (Å²) in [5, 5.41) is 3.36. The zero-order valence-corrected chi connectivity index (χ0v) is 9.81. The number of hydrogen-bond donors (Lipinski definition) is 1. The van der Waals surface area contributed by atoms with E-state index in [-0.39, 0.29) is 5.54 Å². The molecule has 1 aliphatic heterocycles. The van der Waals surface area contributed by atoms with Gasteiger partial charge >= 0.3 is 0 Å². The van der Waals surface area contributed by atoms with Gasteiger partial charge < -0.3 is 10.1 Å². The van der Waals surface area contributed by atoms with E-state index >= 15 is 0 Å². The van der Waals surface area contributed by atoms with Crippen molar-refractivity contribution in [2.45, 2.75) is 12.5 Å². The van der Waals surface area contributed by atoms with E-state index in [4.69, 9.17) is 4.74 Å². The van der Waals surface area contributed by atoms with Crippen LogP contribution in [0.25, 0.3) is 0 Å². The van der Waals surface area contributed by atoms with Crippen molar-refractivity contribution in [2.24, 2.45) is 0 Å². The van der Waals surface area contributed by atoms with Crippen molar-refractivity contribution in [1.82, 2.24) is 5.32 Å². The predicted octanol–water partition coefficient (Wildman–Crippen LogP) is 3.30. The molecule has 1 aliphatic rings. The third kappa shape index (κ3) is 2.17. The van der Waals surface area contributed by atoms with Crippen LogP contribution in [0.3, 0.4) is 0 Å². The first-order valence-electron chi connectivity index (χ1n) is 5.85. The first-order chi connectivity index (χ1) is 8.26. The maximum Gasteiger partial charge on any atom is 0.127 e. The van der Waals surface area contributed by atoms with Crippen LogP contribution in [0.1, 0.15) is 12.5 Å². The Kier molecular flexibility index (Phi) is 2.37. The Bertz CT molecular complexity index is 500. The van der Waals surface area contributed by atoms with Crippen LogP contribution in [0.15, 0.2) is 54.6 Å². The molecule has 1 unspecified atom stereocenters. The molecule has 1 N–H and O–H groups in total. The van der Waals surface area contributed by atoms with Gasteiger partial charge in [0.2, 0.25) is 0 Å². The normalized spacial score (nSPS) is 22.2. The Balaban J connectivity index is 1.77. The number of nitrogens with one attached hydrogen (secondary N) is 1. The Morgan fingerprint density at radius 1 is 0.941 bits per heavy atom. The number of rotatable bonds is 3. The van der Waals surface area contributed by atoms with Crippen molar-refractivity contribution in [3.8, 4) is 11.5 Å². The molecule has 1 heterocycles. The van der Waals surface area contributed by atoms with Gasteiger partial charge in [-0.05, 0) is 36.8 Å². The summed E-state index contributed by atoms with van der Waals surface area (Å²) < 4.78 is 5.75. The van der Waals surface area contributed by atoms with Gasteiger partial charge in [0.15, 0.2) is 0 Å². The van der Waals surface area contributed by atoms with Crippen LogP contribution < -0.4 is 10.1 Å². The molecule has 2 heteroatoms. The molecule has 1 fully saturated rings. The van der Waals surface area contributed by atoms with Crippen LogP contribution in [-0.4, -0.2) is 6.54 Å². The zero-order valence-electron chi connectivity index (χ0n) is 9.81. The molecule has 1 atom stereocenters. The zero-order chi connectivity index (χ0) is 11.7. The molecule has 0 saturated carbocycles. The minimum absolute atomic E-state index is 0.186. The molecular weight excluding hydrogens is 210 g/mol. The van der Waals surface area contributed by atoms with Gasteiger partial charge in [0.1, 0.15) is 11.5 Å². The fraction of sp³-hybridized carbons (Fsp3) is 0.200. The van der Waals surface area contributed by atoms with E-state index in [1.54, 1.807) is 0 Å². The van der Waals surface area contributed by atoms with Gasteiger partial charge in [0, 0.05) is 6.54 Å². The molecule has 3 rings (SSSR count). The number of para-hydroxylation sites is 1. The predicted molar refractivity (Wildman–Crippen MR) is 68.3 cm³/mol. The first kappa shape index (κ1) is 10.4. The summed E-state index contributed by atoms with van der Waals surface area (Å²) >= 11 is 0. The van der Waals surface area contributed by atoms with E-state index in [1.165, 1.54) is 5.56 Å². The lowest BCUT2D eigenvalue weighted by Crippen LogP contribution is -2.05. The highest BCUT2D eigenvalue weighted by atomic mass is 16.5. The van der Waals surface area contributed by atoms with E-state index in [1.807, 2.05) is 42.5 Å². The molecule has 0 aliphatic carbocycles. The molecular formula is C15H15NO. The summed E-state index contributed by atoms with van der Waals surface area (Å²) in [6, 6.07) is 18.1. The van der Waals surface area contributed by atoms with E-state index in [9.17, 15) is 0 Å². The summed E-state index contributed by atoms with van der Waals surface area (Å²) in [4.78, 5) is 0. The van der Waals surface area contributed by atoms with Crippen molar-refractivity contribution < 1.29 is 4.74 Å². The topological polar surface area (TPSA) is 31.2 Å². The van der Waals surface area contributed by atoms with Crippen molar-refractivity contribution in [2.75, 3.05) is 6.54 Å².